The third-order valence-electron chi connectivity index (χ3n) is 4.10. The van der Waals surface area contributed by atoms with Crippen molar-refractivity contribution in [2.45, 2.75) is 13.5 Å². The van der Waals surface area contributed by atoms with Crippen LogP contribution in [-0.4, -0.2) is 24.6 Å². The lowest BCUT2D eigenvalue weighted by Gasteiger charge is -2.09. The summed E-state index contributed by atoms with van der Waals surface area (Å²) in [4.78, 5) is 12.6. The standard InChI is InChI=1S/C19H16IN5O/c1-12-4-2-3-5-16(12)25-10-15(20)17-18(23-11-24-19(17)25)22-8-13-6-14(26)9-21-7-13/h2-7,9-11,26H,8H2,1H3,(H,22,23,24)/i11D. The molecule has 1 aromatic carbocycles. The van der Waals surface area contributed by atoms with Crippen molar-refractivity contribution in [2.24, 2.45) is 0 Å². The van der Waals surface area contributed by atoms with Gasteiger partial charge < -0.3 is 10.4 Å². The van der Waals surface area contributed by atoms with E-state index in [1.54, 1.807) is 12.3 Å². The second kappa shape index (κ2) is 6.91. The van der Waals surface area contributed by atoms with Crippen molar-refractivity contribution in [2.75, 3.05) is 5.32 Å². The van der Waals surface area contributed by atoms with Gasteiger partial charge in [-0.05, 0) is 52.8 Å². The molecule has 0 fully saturated rings. The van der Waals surface area contributed by atoms with Gasteiger partial charge in [0.15, 0.2) is 5.65 Å². The molecule has 3 heterocycles. The first kappa shape index (κ1) is 15.6. The number of aryl methyl sites for hydroxylation is 1. The van der Waals surface area contributed by atoms with Gasteiger partial charge >= 0.3 is 0 Å². The van der Waals surface area contributed by atoms with Crippen molar-refractivity contribution >= 4 is 39.4 Å². The van der Waals surface area contributed by atoms with Crippen LogP contribution in [0, 0.1) is 10.5 Å². The van der Waals surface area contributed by atoms with Gasteiger partial charge in [-0.1, -0.05) is 18.2 Å². The topological polar surface area (TPSA) is 75.9 Å². The quantitative estimate of drug-likeness (QED) is 0.452. The second-order valence-corrected chi connectivity index (χ2v) is 7.07. The molecule has 0 amide bonds. The largest absolute Gasteiger partial charge is 0.506 e. The van der Waals surface area contributed by atoms with E-state index in [9.17, 15) is 5.11 Å². The molecule has 26 heavy (non-hydrogen) atoms. The molecule has 4 rings (SSSR count). The summed E-state index contributed by atoms with van der Waals surface area (Å²) < 4.78 is 11.0. The molecule has 3 aromatic heterocycles. The average molecular weight is 458 g/mol. The number of para-hydroxylation sites is 1. The molecule has 6 nitrogen and oxygen atoms in total. The Labute approximate surface area is 165 Å². The van der Waals surface area contributed by atoms with E-state index < -0.39 is 0 Å². The number of nitrogens with zero attached hydrogens (tertiary/aromatic N) is 4. The Kier molecular flexibility index (Phi) is 4.14. The summed E-state index contributed by atoms with van der Waals surface area (Å²) >= 11 is 2.26. The minimum atomic E-state index is -0.0524. The molecule has 0 radical (unpaired) electrons. The Morgan fingerprint density at radius 3 is 2.92 bits per heavy atom. The zero-order valence-corrected chi connectivity index (χ0v) is 16.1. The maximum atomic E-state index is 9.58. The van der Waals surface area contributed by atoms with Crippen LogP contribution in [0.2, 0.25) is 0 Å². The summed E-state index contributed by atoms with van der Waals surface area (Å²) in [5, 5.41) is 13.7. The van der Waals surface area contributed by atoms with Crippen molar-refractivity contribution < 1.29 is 6.48 Å². The molecule has 130 valence electrons. The van der Waals surface area contributed by atoms with Crippen LogP contribution in [0.15, 0.2) is 55.2 Å². The zero-order chi connectivity index (χ0) is 19.0. The highest BCUT2D eigenvalue weighted by Crippen LogP contribution is 2.30. The third-order valence-corrected chi connectivity index (χ3v) is 4.92. The monoisotopic (exact) mass is 458 g/mol. The first-order chi connectivity index (χ1) is 13.0. The molecule has 0 unspecified atom stereocenters. The van der Waals surface area contributed by atoms with Crippen molar-refractivity contribution in [3.8, 4) is 11.4 Å². The lowest BCUT2D eigenvalue weighted by Crippen LogP contribution is -2.03. The van der Waals surface area contributed by atoms with Gasteiger partial charge in [0.2, 0.25) is 0 Å². The van der Waals surface area contributed by atoms with Crippen LogP contribution >= 0.6 is 22.6 Å². The van der Waals surface area contributed by atoms with Crippen molar-refractivity contribution in [1.82, 2.24) is 19.5 Å². The summed E-state index contributed by atoms with van der Waals surface area (Å²) in [5.41, 5.74) is 3.65. The fourth-order valence-corrected chi connectivity index (χ4v) is 3.65. The summed E-state index contributed by atoms with van der Waals surface area (Å²) in [6, 6.07) is 9.70. The molecule has 0 saturated heterocycles. The van der Waals surface area contributed by atoms with E-state index in [4.69, 9.17) is 1.37 Å². The smallest absolute Gasteiger partial charge is 0.151 e. The van der Waals surface area contributed by atoms with E-state index in [1.165, 1.54) is 6.20 Å². The Bertz CT molecular complexity index is 1140. The van der Waals surface area contributed by atoms with E-state index in [2.05, 4.69) is 42.9 Å². The van der Waals surface area contributed by atoms with Gasteiger partial charge in [0.25, 0.3) is 0 Å². The highest BCUT2D eigenvalue weighted by Gasteiger charge is 2.15. The summed E-state index contributed by atoms with van der Waals surface area (Å²) in [7, 11) is 0. The number of nitrogens with one attached hydrogen (secondary N) is 1. The number of aromatic hydroxyl groups is 1. The number of pyridine rings is 1. The third kappa shape index (κ3) is 3.10. The zero-order valence-electron chi connectivity index (χ0n) is 14.9. The molecular weight excluding hydrogens is 441 g/mol. The molecule has 7 heteroatoms. The maximum absolute atomic E-state index is 9.58. The lowest BCUT2D eigenvalue weighted by atomic mass is 10.2. The normalized spacial score (nSPS) is 11.5. The Morgan fingerprint density at radius 2 is 2.12 bits per heavy atom. The SMILES string of the molecule is [2H]c1nc(NCc2cncc(O)c2)c2c(I)cn(-c3ccccc3C)c2n1. The predicted octanol–water partition coefficient (Wildman–Crippen LogP) is 4.05. The number of fused-ring (bicyclic) bond motifs is 1. The van der Waals surface area contributed by atoms with E-state index in [1.807, 2.05) is 42.0 Å². The van der Waals surface area contributed by atoms with Crippen LogP contribution in [-0.2, 0) is 6.54 Å². The minimum absolute atomic E-state index is 0.0524. The highest BCUT2D eigenvalue weighted by molar-refractivity contribution is 14.1. The van der Waals surface area contributed by atoms with E-state index in [-0.39, 0.29) is 12.1 Å². The highest BCUT2D eigenvalue weighted by atomic mass is 127. The van der Waals surface area contributed by atoms with Crippen molar-refractivity contribution in [3.05, 3.63) is 69.9 Å². The molecule has 0 saturated carbocycles. The Balaban J connectivity index is 1.79. The van der Waals surface area contributed by atoms with Gasteiger partial charge in [0.1, 0.15) is 19.2 Å². The molecule has 0 spiro atoms. The summed E-state index contributed by atoms with van der Waals surface area (Å²) in [6.07, 6.45) is 5.02. The first-order valence-corrected chi connectivity index (χ1v) is 9.09. The lowest BCUT2D eigenvalue weighted by molar-refractivity contribution is 0.472. The fourth-order valence-electron chi connectivity index (χ4n) is 2.87. The number of anilines is 1. The predicted molar refractivity (Wildman–Crippen MR) is 110 cm³/mol. The average Bonchev–Trinajstić information content (AvgIpc) is 2.96. The molecule has 0 aliphatic heterocycles. The van der Waals surface area contributed by atoms with E-state index in [0.29, 0.717) is 18.0 Å². The fraction of sp³-hybridized carbons (Fsp3) is 0.105. The molecule has 4 aromatic rings. The van der Waals surface area contributed by atoms with E-state index >= 15 is 0 Å². The summed E-state index contributed by atoms with van der Waals surface area (Å²) in [6.45, 7) is 2.48. The van der Waals surface area contributed by atoms with Crippen molar-refractivity contribution in [3.63, 3.8) is 0 Å². The number of aromatic nitrogens is 4. The van der Waals surface area contributed by atoms with Gasteiger partial charge in [0.05, 0.1) is 11.6 Å². The van der Waals surface area contributed by atoms with Crippen molar-refractivity contribution in [1.29, 1.82) is 0 Å². The van der Waals surface area contributed by atoms with Crippen LogP contribution < -0.4 is 5.32 Å². The second-order valence-electron chi connectivity index (χ2n) is 5.91. The summed E-state index contributed by atoms with van der Waals surface area (Å²) in [5.74, 6) is 0.702. The Morgan fingerprint density at radius 1 is 1.27 bits per heavy atom. The Hall–Kier alpha value is -2.68. The number of benzene rings is 1. The molecule has 0 atom stereocenters. The van der Waals surface area contributed by atoms with Crippen LogP contribution in [0.5, 0.6) is 5.75 Å². The number of rotatable bonds is 4. The van der Waals surface area contributed by atoms with Gasteiger partial charge in [-0.15, -0.1) is 0 Å². The molecule has 0 aliphatic carbocycles. The number of halogens is 1. The number of hydrogen-bond donors (Lipinski definition) is 2. The molecule has 0 aliphatic rings. The van der Waals surface area contributed by atoms with E-state index in [0.717, 1.165) is 25.8 Å². The molecule has 2 N–H and O–H groups in total. The van der Waals surface area contributed by atoms with Gasteiger partial charge in [-0.2, -0.15) is 0 Å². The van der Waals surface area contributed by atoms with Gasteiger partial charge in [-0.3, -0.25) is 9.55 Å². The maximum Gasteiger partial charge on any atom is 0.151 e. The van der Waals surface area contributed by atoms with Crippen LogP contribution in [0.25, 0.3) is 16.7 Å². The van der Waals surface area contributed by atoms with Crippen LogP contribution in [0.4, 0.5) is 5.82 Å². The van der Waals surface area contributed by atoms with Gasteiger partial charge in [0, 0.05) is 28.2 Å². The first-order valence-electron chi connectivity index (χ1n) is 8.51. The van der Waals surface area contributed by atoms with Crippen LogP contribution in [0.1, 0.15) is 12.5 Å². The number of hydrogen-bond acceptors (Lipinski definition) is 5. The van der Waals surface area contributed by atoms with Gasteiger partial charge in [-0.25, -0.2) is 9.97 Å². The minimum Gasteiger partial charge on any atom is -0.506 e. The molecule has 0 bridgehead atoms. The molecular formula is C19H16IN5O. The van der Waals surface area contributed by atoms with Crippen LogP contribution in [0.3, 0.4) is 0 Å².